The summed E-state index contributed by atoms with van der Waals surface area (Å²) in [6.45, 7) is 3.40. The summed E-state index contributed by atoms with van der Waals surface area (Å²) in [5.74, 6) is 0.519. The van der Waals surface area contributed by atoms with Crippen LogP contribution in [0.15, 0.2) is 35.0 Å². The second kappa shape index (κ2) is 5.51. The van der Waals surface area contributed by atoms with Crippen molar-refractivity contribution in [3.8, 4) is 0 Å². The van der Waals surface area contributed by atoms with Crippen LogP contribution in [0, 0.1) is 0 Å². The Labute approximate surface area is 132 Å². The number of piperazine rings is 1. The molecular weight excluding hydrogens is 294 g/mol. The third-order valence-electron chi connectivity index (χ3n) is 4.19. The summed E-state index contributed by atoms with van der Waals surface area (Å²) >= 11 is 0. The third-order valence-corrected chi connectivity index (χ3v) is 4.19. The van der Waals surface area contributed by atoms with E-state index in [0.29, 0.717) is 6.54 Å². The molecular formula is C16H17N5O2. The predicted molar refractivity (Wildman–Crippen MR) is 87.2 cm³/mol. The second-order valence-electron chi connectivity index (χ2n) is 5.70. The van der Waals surface area contributed by atoms with Crippen molar-refractivity contribution in [2.75, 3.05) is 37.6 Å². The number of primary amides is 1. The maximum absolute atomic E-state index is 11.0. The highest BCUT2D eigenvalue weighted by molar-refractivity contribution is 6.05. The number of fused-ring (bicyclic) bond motifs is 3. The Kier molecular flexibility index (Phi) is 3.34. The van der Waals surface area contributed by atoms with Gasteiger partial charge in [0.2, 0.25) is 5.91 Å². The van der Waals surface area contributed by atoms with Crippen LogP contribution in [0.4, 0.5) is 5.82 Å². The summed E-state index contributed by atoms with van der Waals surface area (Å²) in [7, 11) is 0. The largest absolute Gasteiger partial charge is 0.450 e. The molecule has 0 bridgehead atoms. The summed E-state index contributed by atoms with van der Waals surface area (Å²) in [5, 5.41) is 0.999. The maximum atomic E-state index is 11.0. The van der Waals surface area contributed by atoms with E-state index < -0.39 is 0 Å². The highest BCUT2D eigenvalue weighted by atomic mass is 16.3. The van der Waals surface area contributed by atoms with Crippen molar-refractivity contribution in [1.29, 1.82) is 0 Å². The molecule has 0 saturated carbocycles. The topological polar surface area (TPSA) is 88.5 Å². The smallest absolute Gasteiger partial charge is 0.231 e. The number of hydrogen-bond donors (Lipinski definition) is 1. The first-order chi connectivity index (χ1) is 11.2. The van der Waals surface area contributed by atoms with Crippen LogP contribution in [0.2, 0.25) is 0 Å². The maximum Gasteiger partial charge on any atom is 0.231 e. The molecule has 1 fully saturated rings. The lowest BCUT2D eigenvalue weighted by Gasteiger charge is -2.34. The number of amides is 1. The molecule has 0 atom stereocenters. The molecule has 1 amide bonds. The SMILES string of the molecule is NC(=O)CN1CCN(c2ncnc3c2oc2ccccc23)CC1. The number of benzene rings is 1. The van der Waals surface area contributed by atoms with Gasteiger partial charge in [0.25, 0.3) is 0 Å². The van der Waals surface area contributed by atoms with Gasteiger partial charge in [0.05, 0.1) is 6.54 Å². The van der Waals surface area contributed by atoms with E-state index in [1.807, 2.05) is 24.3 Å². The van der Waals surface area contributed by atoms with E-state index >= 15 is 0 Å². The van der Waals surface area contributed by atoms with Gasteiger partial charge in [-0.25, -0.2) is 9.97 Å². The van der Waals surface area contributed by atoms with E-state index in [0.717, 1.165) is 54.1 Å². The lowest BCUT2D eigenvalue weighted by atomic mass is 10.2. The van der Waals surface area contributed by atoms with Crippen LogP contribution < -0.4 is 10.6 Å². The van der Waals surface area contributed by atoms with Crippen molar-refractivity contribution in [2.24, 2.45) is 5.73 Å². The van der Waals surface area contributed by atoms with Crippen molar-refractivity contribution in [1.82, 2.24) is 14.9 Å². The summed E-state index contributed by atoms with van der Waals surface area (Å²) in [5.41, 5.74) is 7.63. The molecule has 7 nitrogen and oxygen atoms in total. The van der Waals surface area contributed by atoms with Crippen LogP contribution in [0.1, 0.15) is 0 Å². The van der Waals surface area contributed by atoms with E-state index in [-0.39, 0.29) is 5.91 Å². The van der Waals surface area contributed by atoms with E-state index in [4.69, 9.17) is 10.2 Å². The molecule has 3 aromatic rings. The zero-order chi connectivity index (χ0) is 15.8. The minimum Gasteiger partial charge on any atom is -0.450 e. The number of carbonyl (C=O) groups is 1. The number of nitrogens with zero attached hydrogens (tertiary/aromatic N) is 4. The van der Waals surface area contributed by atoms with Gasteiger partial charge in [-0.3, -0.25) is 9.69 Å². The molecule has 0 spiro atoms. The highest BCUT2D eigenvalue weighted by Crippen LogP contribution is 2.32. The first-order valence-corrected chi connectivity index (χ1v) is 7.60. The number of hydrogen-bond acceptors (Lipinski definition) is 6. The van der Waals surface area contributed by atoms with E-state index in [1.165, 1.54) is 0 Å². The van der Waals surface area contributed by atoms with Crippen LogP contribution >= 0.6 is 0 Å². The van der Waals surface area contributed by atoms with Gasteiger partial charge < -0.3 is 15.1 Å². The third kappa shape index (κ3) is 2.49. The quantitative estimate of drug-likeness (QED) is 0.776. The molecule has 3 heterocycles. The highest BCUT2D eigenvalue weighted by Gasteiger charge is 2.23. The fraction of sp³-hybridized carbons (Fsp3) is 0.312. The Morgan fingerprint density at radius 3 is 2.74 bits per heavy atom. The summed E-state index contributed by atoms with van der Waals surface area (Å²) in [6.07, 6.45) is 1.58. The van der Waals surface area contributed by atoms with Gasteiger partial charge >= 0.3 is 0 Å². The van der Waals surface area contributed by atoms with Crippen LogP contribution in [-0.4, -0.2) is 53.5 Å². The van der Waals surface area contributed by atoms with Gasteiger partial charge in [-0.05, 0) is 12.1 Å². The number of rotatable bonds is 3. The van der Waals surface area contributed by atoms with Gasteiger partial charge in [-0.2, -0.15) is 0 Å². The molecule has 0 radical (unpaired) electrons. The lowest BCUT2D eigenvalue weighted by Crippen LogP contribution is -2.49. The Hall–Kier alpha value is -2.67. The molecule has 0 unspecified atom stereocenters. The molecule has 1 aliphatic rings. The van der Waals surface area contributed by atoms with Gasteiger partial charge in [-0.1, -0.05) is 12.1 Å². The van der Waals surface area contributed by atoms with Crippen LogP contribution in [0.5, 0.6) is 0 Å². The molecule has 23 heavy (non-hydrogen) atoms. The number of furan rings is 1. The van der Waals surface area contributed by atoms with Crippen molar-refractivity contribution in [2.45, 2.75) is 0 Å². The summed E-state index contributed by atoms with van der Waals surface area (Å²) in [6, 6.07) is 7.86. The van der Waals surface area contributed by atoms with Gasteiger partial charge in [0.15, 0.2) is 11.4 Å². The van der Waals surface area contributed by atoms with E-state index in [9.17, 15) is 4.79 Å². The molecule has 4 rings (SSSR count). The Morgan fingerprint density at radius 2 is 1.96 bits per heavy atom. The van der Waals surface area contributed by atoms with Crippen molar-refractivity contribution in [3.05, 3.63) is 30.6 Å². The molecule has 2 aromatic heterocycles. The minimum atomic E-state index is -0.292. The van der Waals surface area contributed by atoms with E-state index in [2.05, 4.69) is 19.8 Å². The molecule has 1 aliphatic heterocycles. The van der Waals surface area contributed by atoms with Gasteiger partial charge in [-0.15, -0.1) is 0 Å². The second-order valence-corrected chi connectivity index (χ2v) is 5.70. The fourth-order valence-corrected chi connectivity index (χ4v) is 3.07. The number of nitrogens with two attached hydrogens (primary N) is 1. The lowest BCUT2D eigenvalue weighted by molar-refractivity contribution is -0.119. The van der Waals surface area contributed by atoms with Gasteiger partial charge in [0, 0.05) is 31.6 Å². The Morgan fingerprint density at radius 1 is 1.17 bits per heavy atom. The average molecular weight is 311 g/mol. The zero-order valence-electron chi connectivity index (χ0n) is 12.6. The number of anilines is 1. The van der Waals surface area contributed by atoms with Crippen LogP contribution in [0.3, 0.4) is 0 Å². The number of aromatic nitrogens is 2. The minimum absolute atomic E-state index is 0.292. The Bertz CT molecular complexity index is 867. The van der Waals surface area contributed by atoms with Crippen molar-refractivity contribution >= 4 is 33.8 Å². The molecule has 118 valence electrons. The van der Waals surface area contributed by atoms with Crippen molar-refractivity contribution < 1.29 is 9.21 Å². The summed E-state index contributed by atoms with van der Waals surface area (Å²) in [4.78, 5) is 24.0. The van der Waals surface area contributed by atoms with E-state index in [1.54, 1.807) is 6.33 Å². The molecule has 7 heteroatoms. The zero-order valence-corrected chi connectivity index (χ0v) is 12.6. The number of para-hydroxylation sites is 1. The van der Waals surface area contributed by atoms with Crippen LogP contribution in [-0.2, 0) is 4.79 Å². The first kappa shape index (κ1) is 14.0. The average Bonchev–Trinajstić information content (AvgIpc) is 2.94. The predicted octanol–water partition coefficient (Wildman–Crippen LogP) is 0.983. The molecule has 1 saturated heterocycles. The summed E-state index contributed by atoms with van der Waals surface area (Å²) < 4.78 is 5.97. The molecule has 1 aromatic carbocycles. The molecule has 2 N–H and O–H groups in total. The normalized spacial score (nSPS) is 16.3. The monoisotopic (exact) mass is 311 g/mol. The first-order valence-electron chi connectivity index (χ1n) is 7.60. The molecule has 0 aliphatic carbocycles. The standard InChI is InChI=1S/C16H17N5O2/c17-13(22)9-20-5-7-21(8-6-20)16-15-14(18-10-19-16)11-3-1-2-4-12(11)23-15/h1-4,10H,5-9H2,(H2,17,22). The fourth-order valence-electron chi connectivity index (χ4n) is 3.07. The Balaban J connectivity index is 1.66. The number of carbonyl (C=O) groups excluding carboxylic acids is 1. The van der Waals surface area contributed by atoms with Crippen molar-refractivity contribution in [3.63, 3.8) is 0 Å². The van der Waals surface area contributed by atoms with Crippen LogP contribution in [0.25, 0.3) is 22.1 Å². The van der Waals surface area contributed by atoms with Gasteiger partial charge in [0.1, 0.15) is 17.4 Å².